The summed E-state index contributed by atoms with van der Waals surface area (Å²) >= 11 is 1.54. The molecule has 0 saturated carbocycles. The van der Waals surface area contributed by atoms with Gasteiger partial charge >= 0.3 is 5.97 Å². The van der Waals surface area contributed by atoms with E-state index in [1.54, 1.807) is 5.51 Å². The van der Waals surface area contributed by atoms with Crippen LogP contribution in [0.4, 0.5) is 0 Å². The Labute approximate surface area is 122 Å². The number of thiazole rings is 1. The lowest BCUT2D eigenvalue weighted by Crippen LogP contribution is -2.44. The van der Waals surface area contributed by atoms with Gasteiger partial charge in [-0.05, 0) is 32.1 Å². The average molecular weight is 296 g/mol. The van der Waals surface area contributed by atoms with Crippen LogP contribution in [0.2, 0.25) is 0 Å². The van der Waals surface area contributed by atoms with Crippen molar-refractivity contribution in [1.82, 2.24) is 9.88 Å². The van der Waals surface area contributed by atoms with Gasteiger partial charge < -0.3 is 10.0 Å². The Balaban J connectivity index is 1.86. The predicted octanol–water partition coefficient (Wildman–Crippen LogP) is 2.32. The van der Waals surface area contributed by atoms with Crippen LogP contribution >= 0.6 is 11.3 Å². The molecule has 20 heavy (non-hydrogen) atoms. The summed E-state index contributed by atoms with van der Waals surface area (Å²) < 4.78 is 0. The van der Waals surface area contributed by atoms with E-state index in [-0.39, 0.29) is 18.4 Å². The Morgan fingerprint density at radius 2 is 2.25 bits per heavy atom. The maximum Gasteiger partial charge on any atom is 0.303 e. The standard InChI is InChI=1S/C14H20N2O3S/c17-13(6-4-11-9-20-10-15-11)16-8-2-1-3-12(16)5-7-14(18)19/h9-10,12H,1-8H2,(H,18,19). The highest BCUT2D eigenvalue weighted by atomic mass is 32.1. The van der Waals surface area contributed by atoms with Crippen LogP contribution in [0.3, 0.4) is 0 Å². The molecule has 0 aliphatic carbocycles. The molecule has 1 unspecified atom stereocenters. The van der Waals surface area contributed by atoms with Gasteiger partial charge in [-0.15, -0.1) is 11.3 Å². The van der Waals surface area contributed by atoms with Gasteiger partial charge in [-0.25, -0.2) is 4.98 Å². The van der Waals surface area contributed by atoms with Gasteiger partial charge in [0, 0.05) is 30.8 Å². The second kappa shape index (κ2) is 7.38. The van der Waals surface area contributed by atoms with Crippen LogP contribution in [-0.2, 0) is 16.0 Å². The number of aromatic nitrogens is 1. The molecule has 1 fully saturated rings. The number of hydrogen-bond donors (Lipinski definition) is 1. The fourth-order valence-electron chi connectivity index (χ4n) is 2.66. The molecule has 5 nitrogen and oxygen atoms in total. The van der Waals surface area contributed by atoms with E-state index in [0.717, 1.165) is 31.5 Å². The van der Waals surface area contributed by atoms with Crippen molar-refractivity contribution in [3.05, 3.63) is 16.6 Å². The number of aryl methyl sites for hydroxylation is 1. The Morgan fingerprint density at radius 3 is 2.95 bits per heavy atom. The molecule has 1 amide bonds. The number of aliphatic carboxylic acids is 1. The van der Waals surface area contributed by atoms with Crippen LogP contribution in [0.15, 0.2) is 10.9 Å². The highest BCUT2D eigenvalue weighted by molar-refractivity contribution is 7.07. The van der Waals surface area contributed by atoms with Crippen LogP contribution in [0.25, 0.3) is 0 Å². The summed E-state index contributed by atoms with van der Waals surface area (Å²) in [7, 11) is 0. The van der Waals surface area contributed by atoms with Gasteiger partial charge in [0.1, 0.15) is 0 Å². The molecular formula is C14H20N2O3S. The smallest absolute Gasteiger partial charge is 0.303 e. The average Bonchev–Trinajstić information content (AvgIpc) is 2.96. The quantitative estimate of drug-likeness (QED) is 0.874. The van der Waals surface area contributed by atoms with Crippen molar-refractivity contribution in [2.45, 2.75) is 51.0 Å². The molecule has 1 aliphatic heterocycles. The van der Waals surface area contributed by atoms with E-state index in [2.05, 4.69) is 4.98 Å². The molecular weight excluding hydrogens is 276 g/mol. The summed E-state index contributed by atoms with van der Waals surface area (Å²) in [5, 5.41) is 10.8. The Hall–Kier alpha value is -1.43. The minimum atomic E-state index is -0.787. The second-order valence-corrected chi connectivity index (χ2v) is 5.87. The van der Waals surface area contributed by atoms with Crippen molar-refractivity contribution in [1.29, 1.82) is 0 Å². The van der Waals surface area contributed by atoms with Gasteiger partial charge in [0.25, 0.3) is 0 Å². The molecule has 2 heterocycles. The molecule has 0 radical (unpaired) electrons. The Morgan fingerprint density at radius 1 is 1.40 bits per heavy atom. The van der Waals surface area contributed by atoms with Crippen molar-refractivity contribution < 1.29 is 14.7 Å². The minimum Gasteiger partial charge on any atom is -0.481 e. The molecule has 1 aromatic heterocycles. The van der Waals surface area contributed by atoms with Gasteiger partial charge in [0.15, 0.2) is 0 Å². The number of amides is 1. The number of carboxylic acids is 1. The zero-order chi connectivity index (χ0) is 14.4. The van der Waals surface area contributed by atoms with Crippen LogP contribution in [0.1, 0.15) is 44.2 Å². The number of hydrogen-bond acceptors (Lipinski definition) is 4. The highest BCUT2D eigenvalue weighted by Gasteiger charge is 2.26. The molecule has 1 aliphatic rings. The maximum atomic E-state index is 12.3. The summed E-state index contributed by atoms with van der Waals surface area (Å²) in [6.45, 7) is 0.764. The summed E-state index contributed by atoms with van der Waals surface area (Å²) in [6.07, 6.45) is 4.87. The first-order valence-corrected chi connectivity index (χ1v) is 7.99. The zero-order valence-electron chi connectivity index (χ0n) is 11.5. The Kier molecular flexibility index (Phi) is 5.52. The predicted molar refractivity (Wildman–Crippen MR) is 76.7 cm³/mol. The van der Waals surface area contributed by atoms with Crippen LogP contribution in [-0.4, -0.2) is 39.5 Å². The lowest BCUT2D eigenvalue weighted by Gasteiger charge is -2.35. The van der Waals surface area contributed by atoms with E-state index < -0.39 is 5.97 Å². The van der Waals surface area contributed by atoms with Gasteiger partial charge in [-0.1, -0.05) is 0 Å². The molecule has 110 valence electrons. The lowest BCUT2D eigenvalue weighted by molar-refractivity contribution is -0.140. The van der Waals surface area contributed by atoms with Gasteiger partial charge in [-0.3, -0.25) is 9.59 Å². The highest BCUT2D eigenvalue weighted by Crippen LogP contribution is 2.22. The summed E-state index contributed by atoms with van der Waals surface area (Å²) in [5.74, 6) is -0.654. The SMILES string of the molecule is O=C(O)CCC1CCCCN1C(=O)CCc1cscn1. The van der Waals surface area contributed by atoms with Gasteiger partial charge in [0.05, 0.1) is 11.2 Å². The molecule has 1 atom stereocenters. The van der Waals surface area contributed by atoms with Crippen molar-refractivity contribution in [2.24, 2.45) is 0 Å². The molecule has 0 spiro atoms. The second-order valence-electron chi connectivity index (χ2n) is 5.15. The number of carboxylic acid groups (broad SMARTS) is 1. The molecule has 0 bridgehead atoms. The van der Waals surface area contributed by atoms with Crippen molar-refractivity contribution in [3.8, 4) is 0 Å². The van der Waals surface area contributed by atoms with Gasteiger partial charge in [0.2, 0.25) is 5.91 Å². The summed E-state index contributed by atoms with van der Waals surface area (Å²) in [5.41, 5.74) is 2.73. The normalized spacial score (nSPS) is 19.0. The van der Waals surface area contributed by atoms with Crippen molar-refractivity contribution in [2.75, 3.05) is 6.54 Å². The Bertz CT molecular complexity index is 447. The molecule has 1 N–H and O–H groups in total. The third kappa shape index (κ3) is 4.30. The summed E-state index contributed by atoms with van der Waals surface area (Å²) in [6, 6.07) is 0.0998. The molecule has 6 heteroatoms. The number of carbonyl (C=O) groups excluding carboxylic acids is 1. The van der Waals surface area contributed by atoms with E-state index in [4.69, 9.17) is 5.11 Å². The molecule has 0 aromatic carbocycles. The van der Waals surface area contributed by atoms with Crippen LogP contribution < -0.4 is 0 Å². The fraction of sp³-hybridized carbons (Fsp3) is 0.643. The first kappa shape index (κ1) is 15.0. The fourth-order valence-corrected chi connectivity index (χ4v) is 3.25. The first-order chi connectivity index (χ1) is 9.66. The van der Waals surface area contributed by atoms with Crippen LogP contribution in [0.5, 0.6) is 0 Å². The largest absolute Gasteiger partial charge is 0.481 e. The maximum absolute atomic E-state index is 12.3. The van der Waals surface area contributed by atoms with E-state index in [1.807, 2.05) is 10.3 Å². The third-order valence-corrected chi connectivity index (χ3v) is 4.35. The monoisotopic (exact) mass is 296 g/mol. The molecule has 2 rings (SSSR count). The lowest BCUT2D eigenvalue weighted by atomic mass is 9.97. The topological polar surface area (TPSA) is 70.5 Å². The van der Waals surface area contributed by atoms with Crippen molar-refractivity contribution in [3.63, 3.8) is 0 Å². The van der Waals surface area contributed by atoms with Gasteiger partial charge in [-0.2, -0.15) is 0 Å². The number of carbonyl (C=O) groups is 2. The van der Waals surface area contributed by atoms with Crippen molar-refractivity contribution >= 4 is 23.2 Å². The minimum absolute atomic E-state index is 0.0998. The number of likely N-dealkylation sites (tertiary alicyclic amines) is 1. The molecule has 1 saturated heterocycles. The van der Waals surface area contributed by atoms with E-state index >= 15 is 0 Å². The van der Waals surface area contributed by atoms with E-state index in [9.17, 15) is 9.59 Å². The van der Waals surface area contributed by atoms with Crippen LogP contribution in [0, 0.1) is 0 Å². The number of nitrogens with zero attached hydrogens (tertiary/aromatic N) is 2. The zero-order valence-corrected chi connectivity index (χ0v) is 12.3. The summed E-state index contributed by atoms with van der Waals surface area (Å²) in [4.78, 5) is 29.1. The number of rotatable bonds is 6. The van der Waals surface area contributed by atoms with E-state index in [0.29, 0.717) is 19.3 Å². The van der Waals surface area contributed by atoms with E-state index in [1.165, 1.54) is 11.3 Å². The first-order valence-electron chi connectivity index (χ1n) is 7.05. The number of piperidine rings is 1. The third-order valence-electron chi connectivity index (χ3n) is 3.72. The molecule has 1 aromatic rings.